The monoisotopic (exact) mass is 714 g/mol. The molecule has 0 saturated carbocycles. The molecule has 0 aliphatic heterocycles. The van der Waals surface area contributed by atoms with Gasteiger partial charge in [0.25, 0.3) is 0 Å². The fraction of sp³-hybridized carbons (Fsp3) is 0.0571. The Morgan fingerprint density at radius 3 is 2.10 bits per heavy atom. The average molecular weight is 715 g/mol. The van der Waals surface area contributed by atoms with Gasteiger partial charge in [0.2, 0.25) is 0 Å². The Hall–Kier alpha value is -4.60. The van der Waals surface area contributed by atoms with Gasteiger partial charge in [-0.15, -0.1) is 29.8 Å². The molecule has 0 amide bonds. The van der Waals surface area contributed by atoms with Crippen molar-refractivity contribution in [3.63, 3.8) is 0 Å². The van der Waals surface area contributed by atoms with Gasteiger partial charge in [0, 0.05) is 27.3 Å². The third-order valence-electron chi connectivity index (χ3n) is 6.78. The van der Waals surface area contributed by atoms with Gasteiger partial charge in [-0.3, -0.25) is 4.98 Å². The van der Waals surface area contributed by atoms with Crippen LogP contribution in [0.3, 0.4) is 0 Å². The molecule has 204 valence electrons. The van der Waals surface area contributed by atoms with Gasteiger partial charge in [-0.2, -0.15) is 0 Å². The topological polar surface area (TPSA) is 62.1 Å². The van der Waals surface area contributed by atoms with Gasteiger partial charge >= 0.3 is 0 Å². The van der Waals surface area contributed by atoms with Crippen LogP contribution in [0.15, 0.2) is 121 Å². The molecule has 0 aliphatic carbocycles. The largest absolute Gasteiger partial charge is 0.507 e. The van der Waals surface area contributed by atoms with Crippen LogP contribution in [0.1, 0.15) is 11.1 Å². The summed E-state index contributed by atoms with van der Waals surface area (Å²) in [6.45, 7) is 4.22. The minimum absolute atomic E-state index is 0. The normalized spacial score (nSPS) is 10.6. The number of hydrogen-bond donors (Lipinski definition) is 1. The third-order valence-corrected chi connectivity index (χ3v) is 6.78. The number of phenols is 1. The van der Waals surface area contributed by atoms with Crippen LogP contribution in [-0.4, -0.2) is 20.1 Å². The Kier molecular flexibility index (Phi) is 8.37. The van der Waals surface area contributed by atoms with Crippen LogP contribution in [-0.2, 0) is 21.1 Å². The summed E-state index contributed by atoms with van der Waals surface area (Å²) in [6.07, 6.45) is 1.80. The van der Waals surface area contributed by atoms with Crippen LogP contribution in [0, 0.1) is 19.9 Å². The summed E-state index contributed by atoms with van der Waals surface area (Å²) in [7, 11) is 0. The molecular formula is C35H27N4OPt-. The van der Waals surface area contributed by atoms with Crippen LogP contribution < -0.4 is 4.90 Å². The molecule has 5 nitrogen and oxygen atoms in total. The summed E-state index contributed by atoms with van der Waals surface area (Å²) in [4.78, 5) is 16.6. The van der Waals surface area contributed by atoms with E-state index in [1.807, 2.05) is 84.9 Å². The molecule has 6 heteroatoms. The van der Waals surface area contributed by atoms with Gasteiger partial charge < -0.3 is 10.0 Å². The summed E-state index contributed by atoms with van der Waals surface area (Å²) in [5, 5.41) is 10.6. The zero-order valence-electron chi connectivity index (χ0n) is 22.6. The zero-order valence-corrected chi connectivity index (χ0v) is 24.9. The van der Waals surface area contributed by atoms with Gasteiger partial charge in [-0.05, 0) is 66.2 Å². The number of para-hydroxylation sites is 2. The van der Waals surface area contributed by atoms with E-state index in [1.165, 1.54) is 0 Å². The summed E-state index contributed by atoms with van der Waals surface area (Å²) in [6, 6.07) is 40.9. The molecule has 4 aromatic carbocycles. The molecule has 2 aromatic heterocycles. The van der Waals surface area contributed by atoms with Crippen molar-refractivity contribution in [1.29, 1.82) is 0 Å². The summed E-state index contributed by atoms with van der Waals surface area (Å²) < 4.78 is 0. The summed E-state index contributed by atoms with van der Waals surface area (Å²) in [5.74, 6) is 1.38. The number of aryl methyl sites for hydroxylation is 2. The molecule has 0 radical (unpaired) electrons. The van der Waals surface area contributed by atoms with Crippen LogP contribution in [0.5, 0.6) is 5.75 Å². The van der Waals surface area contributed by atoms with Crippen LogP contribution in [0.2, 0.25) is 0 Å². The number of aromatic hydroxyl groups is 1. The Labute approximate surface area is 254 Å². The van der Waals surface area contributed by atoms with Crippen molar-refractivity contribution in [2.45, 2.75) is 13.8 Å². The Morgan fingerprint density at radius 1 is 0.683 bits per heavy atom. The molecule has 6 rings (SSSR count). The molecule has 0 bridgehead atoms. The van der Waals surface area contributed by atoms with Crippen molar-refractivity contribution in [2.75, 3.05) is 4.90 Å². The maximum atomic E-state index is 10.6. The van der Waals surface area contributed by atoms with E-state index in [4.69, 9.17) is 9.97 Å². The number of aromatic nitrogens is 3. The van der Waals surface area contributed by atoms with Crippen molar-refractivity contribution in [2.24, 2.45) is 0 Å². The van der Waals surface area contributed by atoms with E-state index < -0.39 is 0 Å². The first kappa shape index (κ1) is 27.9. The van der Waals surface area contributed by atoms with Crippen molar-refractivity contribution < 1.29 is 26.2 Å². The molecule has 0 aliphatic rings. The third kappa shape index (κ3) is 5.82. The molecule has 0 atom stereocenters. The van der Waals surface area contributed by atoms with E-state index in [-0.39, 0.29) is 26.8 Å². The number of rotatable bonds is 6. The van der Waals surface area contributed by atoms with Gasteiger partial charge in [0.05, 0.1) is 16.9 Å². The van der Waals surface area contributed by atoms with Gasteiger partial charge in [-0.25, -0.2) is 9.97 Å². The first-order valence-corrected chi connectivity index (χ1v) is 13.1. The van der Waals surface area contributed by atoms with Crippen molar-refractivity contribution in [3.05, 3.63) is 139 Å². The fourth-order valence-corrected chi connectivity index (χ4v) is 4.86. The standard InChI is InChI=1S/C35H27N4O.Pt/c1-24-12-10-13-25(2)34(24)39(33-20-8-9-21-36-33)28-17-11-16-27(22-28)31-23-30(26-14-4-3-5-15-26)37-35(38-31)29-18-6-7-19-32(29)40;/h3-21,23,40H,1-2H3;/q-1;. The maximum Gasteiger partial charge on any atom is 0.154 e. The molecule has 0 unspecified atom stereocenters. The number of anilines is 3. The maximum absolute atomic E-state index is 10.6. The SMILES string of the molecule is Cc1cccc(C)c1N(c1[c-]c(-c2cc(-c3ccccc3)nc(-c3ccccc3O)n2)ccc1)c1ccccn1.[Pt]. The van der Waals surface area contributed by atoms with Gasteiger partial charge in [0.1, 0.15) is 11.6 Å². The first-order valence-electron chi connectivity index (χ1n) is 13.1. The van der Waals surface area contributed by atoms with Crippen LogP contribution >= 0.6 is 0 Å². The zero-order chi connectivity index (χ0) is 27.5. The minimum Gasteiger partial charge on any atom is -0.507 e. The van der Waals surface area contributed by atoms with E-state index in [0.717, 1.165) is 45.1 Å². The predicted molar refractivity (Wildman–Crippen MR) is 161 cm³/mol. The molecule has 0 spiro atoms. The molecular weight excluding hydrogens is 687 g/mol. The number of pyridine rings is 1. The minimum atomic E-state index is 0. The molecule has 6 aromatic rings. The number of hydrogen-bond acceptors (Lipinski definition) is 5. The second kappa shape index (κ2) is 12.3. The molecule has 0 fully saturated rings. The van der Waals surface area contributed by atoms with Crippen LogP contribution in [0.25, 0.3) is 33.9 Å². The van der Waals surface area contributed by atoms with Crippen LogP contribution in [0.4, 0.5) is 17.2 Å². The molecule has 1 N–H and O–H groups in total. The van der Waals surface area contributed by atoms with Crippen molar-refractivity contribution >= 4 is 17.2 Å². The second-order valence-electron chi connectivity index (χ2n) is 9.56. The fourth-order valence-electron chi connectivity index (χ4n) is 4.86. The average Bonchev–Trinajstić information content (AvgIpc) is 3.00. The van der Waals surface area contributed by atoms with E-state index >= 15 is 0 Å². The Morgan fingerprint density at radius 2 is 1.37 bits per heavy atom. The molecule has 41 heavy (non-hydrogen) atoms. The van der Waals surface area contributed by atoms with Crippen molar-refractivity contribution in [1.82, 2.24) is 15.0 Å². The quantitative estimate of drug-likeness (QED) is 0.176. The predicted octanol–water partition coefficient (Wildman–Crippen LogP) is 8.46. The van der Waals surface area contributed by atoms with E-state index in [2.05, 4.69) is 48.0 Å². The Balaban J connectivity index is 0.00000337. The van der Waals surface area contributed by atoms with E-state index in [0.29, 0.717) is 17.1 Å². The van der Waals surface area contributed by atoms with Gasteiger partial charge in [0.15, 0.2) is 5.82 Å². The van der Waals surface area contributed by atoms with E-state index in [9.17, 15) is 5.11 Å². The molecule has 2 heterocycles. The van der Waals surface area contributed by atoms with Crippen molar-refractivity contribution in [3.8, 4) is 39.7 Å². The Bertz CT molecular complexity index is 1770. The number of nitrogens with zero attached hydrogens (tertiary/aromatic N) is 4. The number of benzene rings is 4. The number of phenolic OH excluding ortho intramolecular Hbond substituents is 1. The smallest absolute Gasteiger partial charge is 0.154 e. The molecule has 0 saturated heterocycles. The second-order valence-corrected chi connectivity index (χ2v) is 9.56. The first-order chi connectivity index (χ1) is 19.6. The summed E-state index contributed by atoms with van der Waals surface area (Å²) in [5.41, 5.74) is 8.00. The summed E-state index contributed by atoms with van der Waals surface area (Å²) >= 11 is 0. The van der Waals surface area contributed by atoms with E-state index in [1.54, 1.807) is 18.3 Å². The van der Waals surface area contributed by atoms with Gasteiger partial charge in [-0.1, -0.05) is 72.8 Å².